The predicted molar refractivity (Wildman–Crippen MR) is 74.7 cm³/mol. The van der Waals surface area contributed by atoms with Crippen LogP contribution < -0.4 is 5.73 Å². The molecule has 1 aromatic rings. The Bertz CT molecular complexity index is 417. The Morgan fingerprint density at radius 3 is 3.00 bits per heavy atom. The number of nitrogens with two attached hydrogens (primary N) is 1. The first-order valence-electron chi connectivity index (χ1n) is 6.79. The van der Waals surface area contributed by atoms with E-state index in [2.05, 4.69) is 11.8 Å². The monoisotopic (exact) mass is 246 g/mol. The van der Waals surface area contributed by atoms with Gasteiger partial charge in [-0.15, -0.1) is 0 Å². The van der Waals surface area contributed by atoms with E-state index < -0.39 is 0 Å². The van der Waals surface area contributed by atoms with Crippen molar-refractivity contribution in [1.82, 2.24) is 4.90 Å². The van der Waals surface area contributed by atoms with E-state index in [1.807, 2.05) is 18.2 Å². The molecule has 1 fully saturated rings. The first-order valence-corrected chi connectivity index (χ1v) is 6.79. The predicted octanol–water partition coefficient (Wildman–Crippen LogP) is 2.72. The molecule has 1 heterocycles. The number of likely N-dealkylation sites (tertiary alicyclic amines) is 1. The van der Waals surface area contributed by atoms with Crippen molar-refractivity contribution in [2.45, 2.75) is 38.6 Å². The number of anilines is 1. The molecule has 0 bridgehead atoms. The van der Waals surface area contributed by atoms with Gasteiger partial charge in [-0.05, 0) is 38.4 Å². The van der Waals surface area contributed by atoms with Crippen molar-refractivity contribution in [3.05, 3.63) is 29.8 Å². The molecule has 1 saturated heterocycles. The third-order valence-electron chi connectivity index (χ3n) is 3.78. The van der Waals surface area contributed by atoms with Gasteiger partial charge in [0.2, 0.25) is 0 Å². The molecule has 98 valence electrons. The Morgan fingerprint density at radius 2 is 2.28 bits per heavy atom. The third kappa shape index (κ3) is 3.33. The molecule has 1 unspecified atom stereocenters. The Hall–Kier alpha value is -1.35. The topological polar surface area (TPSA) is 46.3 Å². The largest absolute Gasteiger partial charge is 0.399 e. The zero-order valence-electron chi connectivity index (χ0n) is 11.1. The van der Waals surface area contributed by atoms with Crippen molar-refractivity contribution in [2.24, 2.45) is 0 Å². The van der Waals surface area contributed by atoms with Gasteiger partial charge in [0.1, 0.15) is 0 Å². The first kappa shape index (κ1) is 13.1. The molecule has 0 aromatic heterocycles. The normalized spacial score (nSPS) is 20.8. The fourth-order valence-electron chi connectivity index (χ4n) is 2.59. The number of rotatable bonds is 4. The second kappa shape index (κ2) is 6.01. The van der Waals surface area contributed by atoms with Crippen LogP contribution >= 0.6 is 0 Å². The van der Waals surface area contributed by atoms with E-state index in [1.165, 1.54) is 19.3 Å². The molecule has 18 heavy (non-hydrogen) atoms. The van der Waals surface area contributed by atoms with Crippen LogP contribution in [0.5, 0.6) is 0 Å². The zero-order valence-corrected chi connectivity index (χ0v) is 11.1. The highest BCUT2D eigenvalue weighted by molar-refractivity contribution is 5.96. The van der Waals surface area contributed by atoms with E-state index in [9.17, 15) is 4.79 Å². The first-order chi connectivity index (χ1) is 8.66. The van der Waals surface area contributed by atoms with E-state index in [0.29, 0.717) is 18.2 Å². The summed E-state index contributed by atoms with van der Waals surface area (Å²) in [6.07, 6.45) is 4.43. The molecule has 3 heteroatoms. The number of piperidine rings is 1. The van der Waals surface area contributed by atoms with Gasteiger partial charge in [0.15, 0.2) is 5.78 Å². The summed E-state index contributed by atoms with van der Waals surface area (Å²) in [6.45, 7) is 4.25. The van der Waals surface area contributed by atoms with Gasteiger partial charge >= 0.3 is 0 Å². The fraction of sp³-hybridized carbons (Fsp3) is 0.533. The third-order valence-corrected chi connectivity index (χ3v) is 3.78. The lowest BCUT2D eigenvalue weighted by Crippen LogP contribution is -2.38. The van der Waals surface area contributed by atoms with Crippen LogP contribution in [-0.4, -0.2) is 29.8 Å². The number of nitrogens with zero attached hydrogens (tertiary/aromatic N) is 1. The van der Waals surface area contributed by atoms with Crippen molar-refractivity contribution in [3.8, 4) is 0 Å². The number of carbonyl (C=O) groups excluding carboxylic acids is 1. The minimum Gasteiger partial charge on any atom is -0.399 e. The Balaban J connectivity index is 1.88. The van der Waals surface area contributed by atoms with Crippen LogP contribution in [0.1, 0.15) is 43.0 Å². The molecule has 1 aliphatic heterocycles. The highest BCUT2D eigenvalue weighted by atomic mass is 16.1. The Morgan fingerprint density at radius 1 is 1.44 bits per heavy atom. The summed E-state index contributed by atoms with van der Waals surface area (Å²) in [7, 11) is 0. The molecule has 0 aliphatic carbocycles. The highest BCUT2D eigenvalue weighted by Crippen LogP contribution is 2.17. The van der Waals surface area contributed by atoms with Gasteiger partial charge in [-0.25, -0.2) is 0 Å². The molecule has 0 radical (unpaired) electrons. The fourth-order valence-corrected chi connectivity index (χ4v) is 2.59. The lowest BCUT2D eigenvalue weighted by Gasteiger charge is -2.33. The maximum atomic E-state index is 12.1. The van der Waals surface area contributed by atoms with Gasteiger partial charge in [0, 0.05) is 30.3 Å². The summed E-state index contributed by atoms with van der Waals surface area (Å²) < 4.78 is 0. The average Bonchev–Trinajstić information content (AvgIpc) is 2.37. The van der Waals surface area contributed by atoms with E-state index in [0.717, 1.165) is 18.7 Å². The number of nitrogen functional groups attached to an aromatic ring is 1. The number of hydrogen-bond donors (Lipinski definition) is 1. The molecule has 3 nitrogen and oxygen atoms in total. The Labute approximate surface area is 109 Å². The van der Waals surface area contributed by atoms with Crippen LogP contribution in [0.15, 0.2) is 24.3 Å². The molecular formula is C15H22N2O. The van der Waals surface area contributed by atoms with E-state index in [-0.39, 0.29) is 5.78 Å². The summed E-state index contributed by atoms with van der Waals surface area (Å²) >= 11 is 0. The van der Waals surface area contributed by atoms with Gasteiger partial charge in [-0.1, -0.05) is 18.6 Å². The molecule has 0 amide bonds. The van der Waals surface area contributed by atoms with Crippen LogP contribution in [0.3, 0.4) is 0 Å². The van der Waals surface area contributed by atoms with Crippen LogP contribution in [0, 0.1) is 0 Å². The highest BCUT2D eigenvalue weighted by Gasteiger charge is 2.18. The lowest BCUT2D eigenvalue weighted by atomic mass is 10.0. The van der Waals surface area contributed by atoms with Crippen molar-refractivity contribution >= 4 is 11.5 Å². The summed E-state index contributed by atoms with van der Waals surface area (Å²) in [5.41, 5.74) is 7.09. The van der Waals surface area contributed by atoms with Crippen molar-refractivity contribution in [3.63, 3.8) is 0 Å². The van der Waals surface area contributed by atoms with E-state index in [4.69, 9.17) is 5.73 Å². The number of carbonyl (C=O) groups is 1. The quantitative estimate of drug-likeness (QED) is 0.656. The minimum absolute atomic E-state index is 0.195. The van der Waals surface area contributed by atoms with Gasteiger partial charge in [0.25, 0.3) is 0 Å². The smallest absolute Gasteiger partial charge is 0.164 e. The van der Waals surface area contributed by atoms with Gasteiger partial charge in [-0.2, -0.15) is 0 Å². The average molecular weight is 246 g/mol. The van der Waals surface area contributed by atoms with Gasteiger partial charge in [0.05, 0.1) is 0 Å². The molecule has 1 atom stereocenters. The number of benzene rings is 1. The molecule has 2 N–H and O–H groups in total. The molecule has 0 spiro atoms. The molecule has 2 rings (SSSR count). The zero-order chi connectivity index (χ0) is 13.0. The second-order valence-corrected chi connectivity index (χ2v) is 5.18. The number of ketones is 1. The second-order valence-electron chi connectivity index (χ2n) is 5.18. The van der Waals surface area contributed by atoms with Crippen LogP contribution in [-0.2, 0) is 0 Å². The standard InChI is InChI=1S/C15H22N2O/c1-12-5-2-3-9-17(12)10-8-15(18)13-6-4-7-14(16)11-13/h4,6-7,11-12H,2-3,5,8-10,16H2,1H3. The number of hydrogen-bond acceptors (Lipinski definition) is 3. The van der Waals surface area contributed by atoms with Crippen molar-refractivity contribution < 1.29 is 4.79 Å². The minimum atomic E-state index is 0.195. The Kier molecular flexibility index (Phi) is 4.37. The van der Waals surface area contributed by atoms with Crippen LogP contribution in [0.25, 0.3) is 0 Å². The van der Waals surface area contributed by atoms with Crippen LogP contribution in [0.2, 0.25) is 0 Å². The summed E-state index contributed by atoms with van der Waals surface area (Å²) in [4.78, 5) is 14.5. The number of Topliss-reactive ketones (excluding diaryl/α,β-unsaturated/α-hetero) is 1. The van der Waals surface area contributed by atoms with Crippen molar-refractivity contribution in [1.29, 1.82) is 0 Å². The van der Waals surface area contributed by atoms with Gasteiger partial charge in [-0.3, -0.25) is 4.79 Å². The summed E-state index contributed by atoms with van der Waals surface area (Å²) in [5.74, 6) is 0.195. The maximum absolute atomic E-state index is 12.1. The lowest BCUT2D eigenvalue weighted by molar-refractivity contribution is 0.0935. The summed E-state index contributed by atoms with van der Waals surface area (Å²) in [5, 5.41) is 0. The SMILES string of the molecule is CC1CCCCN1CCC(=O)c1cccc(N)c1. The molecule has 0 saturated carbocycles. The van der Waals surface area contributed by atoms with E-state index >= 15 is 0 Å². The van der Waals surface area contributed by atoms with Crippen molar-refractivity contribution in [2.75, 3.05) is 18.8 Å². The molecule has 1 aromatic carbocycles. The van der Waals surface area contributed by atoms with E-state index in [1.54, 1.807) is 6.07 Å². The van der Waals surface area contributed by atoms with Gasteiger partial charge < -0.3 is 10.6 Å². The molecular weight excluding hydrogens is 224 g/mol. The maximum Gasteiger partial charge on any atom is 0.164 e. The molecule has 1 aliphatic rings. The van der Waals surface area contributed by atoms with Crippen LogP contribution in [0.4, 0.5) is 5.69 Å². The summed E-state index contributed by atoms with van der Waals surface area (Å²) in [6, 6.07) is 7.88.